The molecule has 4 N–H and O–H groups in total. The molecule has 2 aliphatic rings. The SMILES string of the molecule is C=C[C@@H]1CC1(NC(=O)[C@@H]1C[C@@H](Oc2nc3ccccc3nc2-c2cccs2)CN1C(=O)C(C(C)C)N(O)C(=O)NCc1ccccc1)C(=O)O. The third-order valence-corrected chi connectivity index (χ3v) is 9.97. The molecule has 2 aromatic heterocycles. The van der Waals surface area contributed by atoms with Crippen LogP contribution in [0.25, 0.3) is 21.6 Å². The van der Waals surface area contributed by atoms with Crippen molar-refractivity contribution < 1.29 is 34.2 Å². The van der Waals surface area contributed by atoms with Crippen molar-refractivity contribution >= 4 is 46.2 Å². The number of hydroxylamine groups is 2. The van der Waals surface area contributed by atoms with Gasteiger partial charge >= 0.3 is 12.0 Å². The average Bonchev–Trinajstić information content (AvgIpc) is 3.39. The molecular weight excluding hydrogens is 660 g/mol. The normalized spacial score (nSPS) is 21.8. The number of aliphatic carboxylic acids is 1. The fraction of sp³-hybridized carbons (Fsp3) is 0.333. The van der Waals surface area contributed by atoms with E-state index in [2.05, 4.69) is 17.2 Å². The molecule has 4 amide bonds. The van der Waals surface area contributed by atoms with Crippen molar-refractivity contribution in [3.05, 3.63) is 90.3 Å². The van der Waals surface area contributed by atoms with Gasteiger partial charge in [-0.05, 0) is 41.5 Å². The number of benzene rings is 2. The number of ether oxygens (including phenoxy) is 1. The summed E-state index contributed by atoms with van der Waals surface area (Å²) in [7, 11) is 0. The summed E-state index contributed by atoms with van der Waals surface area (Å²) < 4.78 is 6.44. The maximum absolute atomic E-state index is 14.3. The van der Waals surface area contributed by atoms with Crippen LogP contribution >= 0.6 is 11.3 Å². The van der Waals surface area contributed by atoms with E-state index in [1.807, 2.05) is 66.0 Å². The highest BCUT2D eigenvalue weighted by molar-refractivity contribution is 7.13. The van der Waals surface area contributed by atoms with E-state index in [1.165, 1.54) is 22.3 Å². The molecule has 4 aromatic rings. The van der Waals surface area contributed by atoms with Gasteiger partial charge in [-0.1, -0.05) is 68.5 Å². The van der Waals surface area contributed by atoms with Crippen LogP contribution in [0.2, 0.25) is 0 Å². The number of carbonyl (C=O) groups excluding carboxylic acids is 3. The van der Waals surface area contributed by atoms with E-state index < -0.39 is 59.4 Å². The monoisotopic (exact) mass is 698 g/mol. The molecule has 1 aliphatic heterocycles. The van der Waals surface area contributed by atoms with Crippen molar-refractivity contribution in [2.24, 2.45) is 11.8 Å². The van der Waals surface area contributed by atoms with Crippen molar-refractivity contribution in [2.75, 3.05) is 6.54 Å². The van der Waals surface area contributed by atoms with E-state index in [4.69, 9.17) is 14.7 Å². The Labute approximate surface area is 292 Å². The molecule has 14 heteroatoms. The number of carbonyl (C=O) groups is 4. The Balaban J connectivity index is 1.29. The summed E-state index contributed by atoms with van der Waals surface area (Å²) in [5.41, 5.74) is 1.00. The van der Waals surface area contributed by atoms with E-state index >= 15 is 0 Å². The molecule has 5 atom stereocenters. The molecule has 6 rings (SSSR count). The predicted octanol–water partition coefficient (Wildman–Crippen LogP) is 4.48. The van der Waals surface area contributed by atoms with Gasteiger partial charge in [0.05, 0.1) is 22.5 Å². The number of aromatic nitrogens is 2. The van der Waals surface area contributed by atoms with Crippen molar-refractivity contribution in [1.29, 1.82) is 0 Å². The van der Waals surface area contributed by atoms with Gasteiger partial charge in [0.2, 0.25) is 17.7 Å². The Morgan fingerprint density at radius 1 is 1.08 bits per heavy atom. The van der Waals surface area contributed by atoms with Crippen LogP contribution in [0.5, 0.6) is 5.88 Å². The molecule has 2 unspecified atom stereocenters. The zero-order chi connectivity index (χ0) is 35.6. The number of rotatable bonds is 12. The van der Waals surface area contributed by atoms with Crippen molar-refractivity contribution in [3.63, 3.8) is 0 Å². The summed E-state index contributed by atoms with van der Waals surface area (Å²) >= 11 is 1.46. The number of likely N-dealkylation sites (tertiary alicyclic amines) is 1. The lowest BCUT2D eigenvalue weighted by atomic mass is 10.0. The average molecular weight is 699 g/mol. The van der Waals surface area contributed by atoms with Gasteiger partial charge in [-0.3, -0.25) is 14.8 Å². The molecule has 2 aromatic carbocycles. The summed E-state index contributed by atoms with van der Waals surface area (Å²) in [4.78, 5) is 65.2. The van der Waals surface area contributed by atoms with Crippen LogP contribution in [0.1, 0.15) is 32.3 Å². The first-order chi connectivity index (χ1) is 24.0. The molecule has 50 heavy (non-hydrogen) atoms. The van der Waals surface area contributed by atoms with Gasteiger partial charge in [-0.25, -0.2) is 19.6 Å². The minimum atomic E-state index is -1.54. The predicted molar refractivity (Wildman–Crippen MR) is 185 cm³/mol. The lowest BCUT2D eigenvalue weighted by molar-refractivity contribution is -0.158. The fourth-order valence-corrected chi connectivity index (χ4v) is 7.02. The second-order valence-electron chi connectivity index (χ2n) is 12.8. The third-order valence-electron chi connectivity index (χ3n) is 9.09. The highest BCUT2D eigenvalue weighted by Crippen LogP contribution is 2.45. The molecule has 0 radical (unpaired) electrons. The summed E-state index contributed by atoms with van der Waals surface area (Å²) in [5.74, 6) is -3.44. The van der Waals surface area contributed by atoms with Crippen LogP contribution in [0, 0.1) is 11.8 Å². The number of nitrogens with one attached hydrogen (secondary N) is 2. The zero-order valence-corrected chi connectivity index (χ0v) is 28.4. The first-order valence-electron chi connectivity index (χ1n) is 16.3. The molecule has 1 saturated heterocycles. The Bertz CT molecular complexity index is 1910. The number of carboxylic acids is 1. The molecule has 3 heterocycles. The van der Waals surface area contributed by atoms with Crippen molar-refractivity contribution in [2.45, 2.75) is 57.0 Å². The molecule has 1 saturated carbocycles. The van der Waals surface area contributed by atoms with Gasteiger partial charge < -0.3 is 25.4 Å². The molecular formula is C36H38N6O7S. The molecule has 0 bridgehead atoms. The number of carboxylic acid groups (broad SMARTS) is 1. The first kappa shape index (κ1) is 34.5. The van der Waals surface area contributed by atoms with Gasteiger partial charge in [0.25, 0.3) is 0 Å². The highest BCUT2D eigenvalue weighted by atomic mass is 32.1. The molecule has 260 valence electrons. The first-order valence-corrected chi connectivity index (χ1v) is 17.2. The van der Waals surface area contributed by atoms with Gasteiger partial charge in [0.15, 0.2) is 0 Å². The number of thiophene rings is 1. The molecule has 0 spiro atoms. The highest BCUT2D eigenvalue weighted by Gasteiger charge is 2.61. The minimum absolute atomic E-state index is 0.0130. The largest absolute Gasteiger partial charge is 0.479 e. The molecule has 13 nitrogen and oxygen atoms in total. The van der Waals surface area contributed by atoms with E-state index in [9.17, 15) is 29.5 Å². The molecule has 1 aliphatic carbocycles. The quantitative estimate of drug-likeness (QED) is 0.0945. The van der Waals surface area contributed by atoms with E-state index in [1.54, 1.807) is 19.9 Å². The second-order valence-corrected chi connectivity index (χ2v) is 13.8. The maximum Gasteiger partial charge on any atom is 0.342 e. The van der Waals surface area contributed by atoms with Crippen LogP contribution in [-0.2, 0) is 20.9 Å². The Hall–Kier alpha value is -5.34. The molecule has 2 fully saturated rings. The number of para-hydroxylation sites is 2. The number of amides is 4. The number of hydrogen-bond acceptors (Lipinski definition) is 9. The lowest BCUT2D eigenvalue weighted by Gasteiger charge is -2.33. The van der Waals surface area contributed by atoms with Gasteiger partial charge in [-0.15, -0.1) is 17.9 Å². The summed E-state index contributed by atoms with van der Waals surface area (Å²) in [5, 5.41) is 28.6. The standard InChI is InChI=1S/C36H38N6O7S/c1-4-23-18-36(23,34(45)46)40-31(43)27-17-24(49-32-29(28-15-10-16-50-28)38-25-13-8-9-14-26(25)39-32)20-41(27)33(44)30(21(2)3)42(48)35(47)37-19-22-11-6-5-7-12-22/h4-16,21,23-24,27,30,48H,1,17-20H2,2-3H3,(H,37,47)(H,40,43)(H,45,46)/t23-,24-,27+,30?,36?/m1/s1. The number of nitrogens with zero attached hydrogens (tertiary/aromatic N) is 4. The summed E-state index contributed by atoms with van der Waals surface area (Å²) in [6, 6.07) is 16.7. The van der Waals surface area contributed by atoms with Crippen LogP contribution in [-0.4, -0.2) is 84.3 Å². The minimum Gasteiger partial charge on any atom is -0.479 e. The topological polar surface area (TPSA) is 174 Å². The Kier molecular flexibility index (Phi) is 9.84. The fourth-order valence-electron chi connectivity index (χ4n) is 6.31. The Morgan fingerprint density at radius 2 is 1.78 bits per heavy atom. The lowest BCUT2D eigenvalue weighted by Crippen LogP contribution is -2.58. The maximum atomic E-state index is 14.3. The Morgan fingerprint density at radius 3 is 2.40 bits per heavy atom. The zero-order valence-electron chi connectivity index (χ0n) is 27.6. The summed E-state index contributed by atoms with van der Waals surface area (Å²) in [6.07, 6.45) is 0.858. The van der Waals surface area contributed by atoms with Crippen molar-refractivity contribution in [3.8, 4) is 16.5 Å². The van der Waals surface area contributed by atoms with Crippen LogP contribution in [0.4, 0.5) is 4.79 Å². The number of urea groups is 1. The third kappa shape index (κ3) is 6.89. The van der Waals surface area contributed by atoms with Crippen LogP contribution in [0.15, 0.2) is 84.8 Å². The number of fused-ring (bicyclic) bond motifs is 1. The van der Waals surface area contributed by atoms with Crippen molar-refractivity contribution in [1.82, 2.24) is 30.6 Å². The van der Waals surface area contributed by atoms with E-state index in [-0.39, 0.29) is 31.8 Å². The van der Waals surface area contributed by atoms with Gasteiger partial charge in [0, 0.05) is 18.9 Å². The smallest absolute Gasteiger partial charge is 0.342 e. The second kappa shape index (κ2) is 14.3. The van der Waals surface area contributed by atoms with Crippen LogP contribution < -0.4 is 15.4 Å². The number of hydrogen-bond donors (Lipinski definition) is 4. The van der Waals surface area contributed by atoms with Gasteiger partial charge in [-0.2, -0.15) is 5.06 Å². The van der Waals surface area contributed by atoms with Crippen LogP contribution in [0.3, 0.4) is 0 Å². The summed E-state index contributed by atoms with van der Waals surface area (Å²) in [6.45, 7) is 7.04. The van der Waals surface area contributed by atoms with Gasteiger partial charge in [0.1, 0.15) is 29.4 Å². The van der Waals surface area contributed by atoms with E-state index in [0.29, 0.717) is 21.8 Å². The van der Waals surface area contributed by atoms with E-state index in [0.717, 1.165) is 10.4 Å².